The van der Waals surface area contributed by atoms with Crippen molar-refractivity contribution in [3.05, 3.63) is 18.2 Å². The summed E-state index contributed by atoms with van der Waals surface area (Å²) in [6.07, 6.45) is 6.30. The third kappa shape index (κ3) is 4.24. The molecule has 0 spiro atoms. The number of carbonyl (C=O) groups excluding carboxylic acids is 1. The first kappa shape index (κ1) is 13.9. The Balaban J connectivity index is 1.62. The monoisotopic (exact) mass is 266 g/mol. The lowest BCUT2D eigenvalue weighted by Crippen LogP contribution is -2.45. The second-order valence-corrected chi connectivity index (χ2v) is 4.74. The molecule has 2 heterocycles. The van der Waals surface area contributed by atoms with Crippen LogP contribution in [0.4, 0.5) is 4.79 Å². The molecule has 0 unspecified atom stereocenters. The number of amides is 1. The highest BCUT2D eigenvalue weighted by Crippen LogP contribution is 2.11. The summed E-state index contributed by atoms with van der Waals surface area (Å²) in [5.74, 6) is 0. The molecule has 106 valence electrons. The van der Waals surface area contributed by atoms with Crippen LogP contribution in [0.2, 0.25) is 0 Å². The van der Waals surface area contributed by atoms with Gasteiger partial charge in [-0.05, 0) is 19.8 Å². The average molecular weight is 266 g/mol. The van der Waals surface area contributed by atoms with Gasteiger partial charge in [0.1, 0.15) is 0 Å². The highest BCUT2D eigenvalue weighted by Gasteiger charge is 2.22. The molecule has 1 saturated heterocycles. The molecular weight excluding hydrogens is 244 g/mol. The number of piperidine rings is 1. The van der Waals surface area contributed by atoms with Crippen molar-refractivity contribution in [2.24, 2.45) is 0 Å². The summed E-state index contributed by atoms with van der Waals surface area (Å²) >= 11 is 0. The van der Waals surface area contributed by atoms with Gasteiger partial charge in [0.15, 0.2) is 0 Å². The molecule has 6 heteroatoms. The van der Waals surface area contributed by atoms with Crippen molar-refractivity contribution in [2.75, 3.05) is 26.2 Å². The number of hydrogen-bond acceptors (Lipinski definition) is 4. The third-order valence-electron chi connectivity index (χ3n) is 3.40. The van der Waals surface area contributed by atoms with E-state index in [1.165, 1.54) is 0 Å². The molecule has 0 bridgehead atoms. The SMILES string of the molecule is CCOC(=O)N1CCC(NCCc2cnc[nH]2)CC1. The maximum Gasteiger partial charge on any atom is 0.409 e. The standard InChI is InChI=1S/C13H22N4O2/c1-2-19-13(18)17-7-4-11(5-8-17)15-6-3-12-9-14-10-16-12/h9-11,15H,2-8H2,1H3,(H,14,16). The predicted octanol–water partition coefficient (Wildman–Crippen LogP) is 1.16. The molecule has 1 aliphatic heterocycles. The maximum atomic E-state index is 11.5. The molecule has 0 atom stereocenters. The van der Waals surface area contributed by atoms with Gasteiger partial charge in [0.25, 0.3) is 0 Å². The Bertz CT molecular complexity index is 372. The van der Waals surface area contributed by atoms with Crippen molar-refractivity contribution in [2.45, 2.75) is 32.2 Å². The minimum absolute atomic E-state index is 0.182. The van der Waals surface area contributed by atoms with Gasteiger partial charge in [-0.15, -0.1) is 0 Å². The van der Waals surface area contributed by atoms with Crippen LogP contribution in [0.3, 0.4) is 0 Å². The number of aromatic amines is 1. The van der Waals surface area contributed by atoms with E-state index in [1.54, 1.807) is 11.2 Å². The minimum Gasteiger partial charge on any atom is -0.450 e. The van der Waals surface area contributed by atoms with Gasteiger partial charge in [0.05, 0.1) is 12.9 Å². The van der Waals surface area contributed by atoms with Gasteiger partial charge in [0, 0.05) is 44.0 Å². The Hall–Kier alpha value is -1.56. The lowest BCUT2D eigenvalue weighted by molar-refractivity contribution is 0.0952. The van der Waals surface area contributed by atoms with Gasteiger partial charge in [-0.1, -0.05) is 0 Å². The molecule has 2 rings (SSSR count). The number of hydrogen-bond donors (Lipinski definition) is 2. The van der Waals surface area contributed by atoms with Crippen LogP contribution in [0.15, 0.2) is 12.5 Å². The summed E-state index contributed by atoms with van der Waals surface area (Å²) in [6.45, 7) is 4.77. The summed E-state index contributed by atoms with van der Waals surface area (Å²) < 4.78 is 5.00. The molecule has 0 aliphatic carbocycles. The Morgan fingerprint density at radius 1 is 1.58 bits per heavy atom. The normalized spacial score (nSPS) is 16.6. The highest BCUT2D eigenvalue weighted by molar-refractivity contribution is 5.67. The van der Waals surface area contributed by atoms with Crippen LogP contribution in [0, 0.1) is 0 Å². The zero-order valence-electron chi connectivity index (χ0n) is 11.4. The van der Waals surface area contributed by atoms with Crippen molar-refractivity contribution >= 4 is 6.09 Å². The van der Waals surface area contributed by atoms with Gasteiger partial charge < -0.3 is 19.9 Å². The van der Waals surface area contributed by atoms with Crippen molar-refractivity contribution in [1.82, 2.24) is 20.2 Å². The van der Waals surface area contributed by atoms with Crippen LogP contribution in [0.1, 0.15) is 25.5 Å². The van der Waals surface area contributed by atoms with Gasteiger partial charge in [-0.25, -0.2) is 9.78 Å². The Morgan fingerprint density at radius 2 is 2.37 bits per heavy atom. The molecule has 1 fully saturated rings. The largest absolute Gasteiger partial charge is 0.450 e. The van der Waals surface area contributed by atoms with Crippen LogP contribution in [-0.4, -0.2) is 53.2 Å². The quantitative estimate of drug-likeness (QED) is 0.839. The summed E-state index contributed by atoms with van der Waals surface area (Å²) in [6, 6.07) is 0.494. The fourth-order valence-corrected chi connectivity index (χ4v) is 2.31. The Morgan fingerprint density at radius 3 is 3.00 bits per heavy atom. The van der Waals surface area contributed by atoms with Crippen LogP contribution in [0.25, 0.3) is 0 Å². The molecule has 1 aromatic heterocycles. The average Bonchev–Trinajstić information content (AvgIpc) is 2.93. The van der Waals surface area contributed by atoms with Crippen LogP contribution >= 0.6 is 0 Å². The molecule has 2 N–H and O–H groups in total. The van der Waals surface area contributed by atoms with E-state index in [0.717, 1.165) is 44.6 Å². The fourth-order valence-electron chi connectivity index (χ4n) is 2.31. The first-order valence-corrected chi connectivity index (χ1v) is 6.92. The maximum absolute atomic E-state index is 11.5. The molecule has 1 aromatic rings. The summed E-state index contributed by atoms with van der Waals surface area (Å²) in [7, 11) is 0. The predicted molar refractivity (Wildman–Crippen MR) is 71.9 cm³/mol. The van der Waals surface area contributed by atoms with Crippen molar-refractivity contribution < 1.29 is 9.53 Å². The van der Waals surface area contributed by atoms with Gasteiger partial charge in [-0.3, -0.25) is 0 Å². The molecule has 0 radical (unpaired) electrons. The Kier molecular flexibility index (Phi) is 5.20. The number of rotatable bonds is 5. The summed E-state index contributed by atoms with van der Waals surface area (Å²) in [4.78, 5) is 20.4. The lowest BCUT2D eigenvalue weighted by Gasteiger charge is -2.31. The van der Waals surface area contributed by atoms with E-state index in [-0.39, 0.29) is 6.09 Å². The van der Waals surface area contributed by atoms with Gasteiger partial charge in [0.2, 0.25) is 0 Å². The smallest absolute Gasteiger partial charge is 0.409 e. The fraction of sp³-hybridized carbons (Fsp3) is 0.692. The number of ether oxygens (including phenoxy) is 1. The van der Waals surface area contributed by atoms with E-state index in [0.29, 0.717) is 12.6 Å². The number of likely N-dealkylation sites (tertiary alicyclic amines) is 1. The van der Waals surface area contributed by atoms with Crippen LogP contribution < -0.4 is 5.32 Å². The highest BCUT2D eigenvalue weighted by atomic mass is 16.6. The number of H-pyrrole nitrogens is 1. The molecule has 1 amide bonds. The summed E-state index contributed by atoms with van der Waals surface area (Å²) in [5, 5.41) is 3.52. The van der Waals surface area contributed by atoms with Gasteiger partial charge in [-0.2, -0.15) is 0 Å². The third-order valence-corrected chi connectivity index (χ3v) is 3.40. The van der Waals surface area contributed by atoms with E-state index >= 15 is 0 Å². The molecule has 0 aromatic carbocycles. The Labute approximate surface area is 113 Å². The molecule has 0 saturated carbocycles. The molecular formula is C13H22N4O2. The number of nitrogens with one attached hydrogen (secondary N) is 2. The minimum atomic E-state index is -0.182. The van der Waals surface area contributed by atoms with Crippen LogP contribution in [0.5, 0.6) is 0 Å². The number of carbonyl (C=O) groups is 1. The first-order valence-electron chi connectivity index (χ1n) is 6.92. The molecule has 19 heavy (non-hydrogen) atoms. The van der Waals surface area contributed by atoms with E-state index in [2.05, 4.69) is 15.3 Å². The van der Waals surface area contributed by atoms with Crippen molar-refractivity contribution in [1.29, 1.82) is 0 Å². The molecule has 6 nitrogen and oxygen atoms in total. The number of aromatic nitrogens is 2. The van der Waals surface area contributed by atoms with Crippen LogP contribution in [-0.2, 0) is 11.2 Å². The van der Waals surface area contributed by atoms with E-state index in [1.807, 2.05) is 13.1 Å². The summed E-state index contributed by atoms with van der Waals surface area (Å²) in [5.41, 5.74) is 1.15. The number of nitrogens with zero attached hydrogens (tertiary/aromatic N) is 2. The van der Waals surface area contributed by atoms with Crippen molar-refractivity contribution in [3.63, 3.8) is 0 Å². The topological polar surface area (TPSA) is 70.2 Å². The zero-order chi connectivity index (χ0) is 13.5. The number of imidazole rings is 1. The van der Waals surface area contributed by atoms with E-state index in [4.69, 9.17) is 4.74 Å². The first-order chi connectivity index (χ1) is 9.29. The second kappa shape index (κ2) is 7.13. The lowest BCUT2D eigenvalue weighted by atomic mass is 10.1. The van der Waals surface area contributed by atoms with E-state index < -0.39 is 0 Å². The van der Waals surface area contributed by atoms with Crippen molar-refractivity contribution in [3.8, 4) is 0 Å². The van der Waals surface area contributed by atoms with E-state index in [9.17, 15) is 4.79 Å². The second-order valence-electron chi connectivity index (χ2n) is 4.74. The molecule has 1 aliphatic rings. The zero-order valence-corrected chi connectivity index (χ0v) is 11.4. The van der Waals surface area contributed by atoms with Gasteiger partial charge >= 0.3 is 6.09 Å².